The molecule has 0 atom stereocenters. The summed E-state index contributed by atoms with van der Waals surface area (Å²) in [6, 6.07) is 4.20. The van der Waals surface area contributed by atoms with Crippen molar-refractivity contribution in [3.63, 3.8) is 0 Å². The monoisotopic (exact) mass is 264 g/mol. The number of rotatable bonds is 7. The van der Waals surface area contributed by atoms with Gasteiger partial charge in [0.25, 0.3) is 0 Å². The Labute approximate surface area is 117 Å². The Bertz CT molecular complexity index is 383. The van der Waals surface area contributed by atoms with Gasteiger partial charge in [0.05, 0.1) is 6.61 Å². The predicted octanol–water partition coefficient (Wildman–Crippen LogP) is 3.57. The maximum atomic E-state index is 5.81. The molecule has 1 N–H and O–H groups in total. The fourth-order valence-corrected chi connectivity index (χ4v) is 1.71. The summed E-state index contributed by atoms with van der Waals surface area (Å²) in [5.74, 6) is 0.761. The highest BCUT2D eigenvalue weighted by Gasteiger charge is 2.10. The maximum Gasteiger partial charge on any atom is 0.213 e. The summed E-state index contributed by atoms with van der Waals surface area (Å²) in [4.78, 5) is 4.53. The normalized spacial score (nSPS) is 11.6. The number of hydrogen-bond acceptors (Lipinski definition) is 3. The van der Waals surface area contributed by atoms with E-state index in [1.54, 1.807) is 0 Å². The Morgan fingerprint density at radius 3 is 2.53 bits per heavy atom. The van der Waals surface area contributed by atoms with Gasteiger partial charge in [0, 0.05) is 18.3 Å². The molecule has 3 heteroatoms. The smallest absolute Gasteiger partial charge is 0.213 e. The van der Waals surface area contributed by atoms with Crippen LogP contribution in [0.15, 0.2) is 12.1 Å². The SMILES string of the molecule is CCNCc1cc(CC)nc(OCCC(C)(C)C)c1. The van der Waals surface area contributed by atoms with Crippen LogP contribution in [0.4, 0.5) is 0 Å². The number of ether oxygens (including phenoxy) is 1. The average Bonchev–Trinajstić information content (AvgIpc) is 2.34. The van der Waals surface area contributed by atoms with E-state index in [0.29, 0.717) is 5.41 Å². The van der Waals surface area contributed by atoms with Gasteiger partial charge in [0.2, 0.25) is 5.88 Å². The number of nitrogens with zero attached hydrogens (tertiary/aromatic N) is 1. The number of aromatic nitrogens is 1. The first kappa shape index (κ1) is 16.0. The lowest BCUT2D eigenvalue weighted by Crippen LogP contribution is -2.14. The molecular weight excluding hydrogens is 236 g/mol. The molecule has 0 fully saturated rings. The van der Waals surface area contributed by atoms with E-state index in [0.717, 1.165) is 44.1 Å². The molecular formula is C16H28N2O. The topological polar surface area (TPSA) is 34.2 Å². The predicted molar refractivity (Wildman–Crippen MR) is 80.6 cm³/mol. The summed E-state index contributed by atoms with van der Waals surface area (Å²) in [6.07, 6.45) is 1.98. The van der Waals surface area contributed by atoms with Crippen LogP contribution < -0.4 is 10.1 Å². The Hall–Kier alpha value is -1.09. The second-order valence-electron chi connectivity index (χ2n) is 6.10. The van der Waals surface area contributed by atoms with E-state index >= 15 is 0 Å². The molecule has 0 aromatic carbocycles. The molecule has 0 aliphatic heterocycles. The summed E-state index contributed by atoms with van der Waals surface area (Å²) in [5.41, 5.74) is 2.65. The molecule has 0 unspecified atom stereocenters. The highest BCUT2D eigenvalue weighted by Crippen LogP contribution is 2.20. The fourth-order valence-electron chi connectivity index (χ4n) is 1.71. The lowest BCUT2D eigenvalue weighted by molar-refractivity contribution is 0.236. The molecule has 1 rings (SSSR count). The minimum atomic E-state index is 0.301. The van der Waals surface area contributed by atoms with Crippen molar-refractivity contribution in [3.05, 3.63) is 23.4 Å². The van der Waals surface area contributed by atoms with Gasteiger partial charge < -0.3 is 10.1 Å². The van der Waals surface area contributed by atoms with Crippen molar-refractivity contribution in [2.75, 3.05) is 13.2 Å². The third kappa shape index (κ3) is 6.58. The maximum absolute atomic E-state index is 5.81. The minimum absolute atomic E-state index is 0.301. The number of aryl methyl sites for hydroxylation is 1. The largest absolute Gasteiger partial charge is 0.478 e. The molecule has 0 saturated heterocycles. The molecule has 0 aliphatic rings. The van der Waals surface area contributed by atoms with E-state index in [4.69, 9.17) is 4.74 Å². The summed E-state index contributed by atoms with van der Waals surface area (Å²) < 4.78 is 5.81. The molecule has 0 aliphatic carbocycles. The van der Waals surface area contributed by atoms with E-state index in [2.05, 4.69) is 51.0 Å². The van der Waals surface area contributed by atoms with Crippen LogP contribution in [-0.4, -0.2) is 18.1 Å². The van der Waals surface area contributed by atoms with Crippen LogP contribution >= 0.6 is 0 Å². The van der Waals surface area contributed by atoms with Gasteiger partial charge in [-0.15, -0.1) is 0 Å². The van der Waals surface area contributed by atoms with Crippen LogP contribution in [0, 0.1) is 5.41 Å². The summed E-state index contributed by atoms with van der Waals surface area (Å²) in [6.45, 7) is 13.5. The molecule has 1 aromatic rings. The van der Waals surface area contributed by atoms with Gasteiger partial charge in [-0.1, -0.05) is 34.6 Å². The zero-order chi connectivity index (χ0) is 14.3. The molecule has 1 heterocycles. The van der Waals surface area contributed by atoms with E-state index in [1.165, 1.54) is 5.56 Å². The van der Waals surface area contributed by atoms with E-state index < -0.39 is 0 Å². The van der Waals surface area contributed by atoms with Crippen LogP contribution in [-0.2, 0) is 13.0 Å². The van der Waals surface area contributed by atoms with E-state index in [-0.39, 0.29) is 0 Å². The van der Waals surface area contributed by atoms with Crippen molar-refractivity contribution in [3.8, 4) is 5.88 Å². The molecule has 0 saturated carbocycles. The quantitative estimate of drug-likeness (QED) is 0.817. The molecule has 0 amide bonds. The summed E-state index contributed by atoms with van der Waals surface area (Å²) >= 11 is 0. The van der Waals surface area contributed by atoms with Gasteiger partial charge in [-0.2, -0.15) is 0 Å². The first-order valence-electron chi connectivity index (χ1n) is 7.28. The van der Waals surface area contributed by atoms with Crippen molar-refractivity contribution in [1.82, 2.24) is 10.3 Å². The second-order valence-corrected chi connectivity index (χ2v) is 6.10. The van der Waals surface area contributed by atoms with Crippen molar-refractivity contribution in [2.45, 2.75) is 54.0 Å². The number of pyridine rings is 1. The lowest BCUT2D eigenvalue weighted by Gasteiger charge is -2.18. The minimum Gasteiger partial charge on any atom is -0.478 e. The highest BCUT2D eigenvalue weighted by molar-refractivity contribution is 5.25. The number of nitrogens with one attached hydrogen (secondary N) is 1. The lowest BCUT2D eigenvalue weighted by atomic mass is 9.93. The van der Waals surface area contributed by atoms with E-state index in [1.807, 2.05) is 6.07 Å². The number of hydrogen-bond donors (Lipinski definition) is 1. The average molecular weight is 264 g/mol. The zero-order valence-corrected chi connectivity index (χ0v) is 13.0. The van der Waals surface area contributed by atoms with Gasteiger partial charge in [-0.3, -0.25) is 0 Å². The van der Waals surface area contributed by atoms with Gasteiger partial charge in [-0.25, -0.2) is 4.98 Å². The van der Waals surface area contributed by atoms with Crippen molar-refractivity contribution in [2.24, 2.45) is 5.41 Å². The third-order valence-electron chi connectivity index (χ3n) is 2.96. The van der Waals surface area contributed by atoms with Gasteiger partial charge in [0.1, 0.15) is 0 Å². The second kappa shape index (κ2) is 7.49. The molecule has 3 nitrogen and oxygen atoms in total. The standard InChI is InChI=1S/C16H28N2O/c1-6-14-10-13(12-17-7-2)11-15(18-14)19-9-8-16(3,4)5/h10-11,17H,6-9,12H2,1-5H3. The van der Waals surface area contributed by atoms with E-state index in [9.17, 15) is 0 Å². The Morgan fingerprint density at radius 1 is 1.21 bits per heavy atom. The van der Waals surface area contributed by atoms with Gasteiger partial charge >= 0.3 is 0 Å². The van der Waals surface area contributed by atoms with Crippen LogP contribution in [0.1, 0.15) is 52.3 Å². The fraction of sp³-hybridized carbons (Fsp3) is 0.688. The summed E-state index contributed by atoms with van der Waals surface area (Å²) in [7, 11) is 0. The third-order valence-corrected chi connectivity index (χ3v) is 2.96. The van der Waals surface area contributed by atoms with Crippen molar-refractivity contribution >= 4 is 0 Å². The molecule has 0 bridgehead atoms. The first-order valence-corrected chi connectivity index (χ1v) is 7.28. The molecule has 19 heavy (non-hydrogen) atoms. The molecule has 108 valence electrons. The Morgan fingerprint density at radius 2 is 1.95 bits per heavy atom. The van der Waals surface area contributed by atoms with Crippen LogP contribution in [0.2, 0.25) is 0 Å². The van der Waals surface area contributed by atoms with Gasteiger partial charge in [0.15, 0.2) is 0 Å². The summed E-state index contributed by atoms with van der Waals surface area (Å²) in [5, 5.41) is 3.34. The molecule has 0 radical (unpaired) electrons. The molecule has 0 spiro atoms. The van der Waals surface area contributed by atoms with Crippen LogP contribution in [0.5, 0.6) is 5.88 Å². The highest BCUT2D eigenvalue weighted by atomic mass is 16.5. The Balaban J connectivity index is 2.65. The van der Waals surface area contributed by atoms with Crippen molar-refractivity contribution < 1.29 is 4.74 Å². The van der Waals surface area contributed by atoms with Crippen LogP contribution in [0.3, 0.4) is 0 Å². The zero-order valence-electron chi connectivity index (χ0n) is 13.0. The Kier molecular flexibility index (Phi) is 6.29. The molecule has 1 aromatic heterocycles. The van der Waals surface area contributed by atoms with Crippen LogP contribution in [0.25, 0.3) is 0 Å². The van der Waals surface area contributed by atoms with Crippen molar-refractivity contribution in [1.29, 1.82) is 0 Å². The van der Waals surface area contributed by atoms with Gasteiger partial charge in [-0.05, 0) is 36.4 Å². The first-order chi connectivity index (χ1) is 8.94.